The summed E-state index contributed by atoms with van der Waals surface area (Å²) in [4.78, 5) is 35.3. The Hall–Kier alpha value is -2.62. The monoisotopic (exact) mass is 381 g/mol. The predicted molar refractivity (Wildman–Crippen MR) is 96.5 cm³/mol. The minimum absolute atomic E-state index is 0.0280. The molecule has 8 nitrogen and oxygen atoms in total. The summed E-state index contributed by atoms with van der Waals surface area (Å²) in [6.45, 7) is 2.35. The second-order valence-corrected chi connectivity index (χ2v) is 6.38. The fourth-order valence-corrected chi connectivity index (χ4v) is 2.83. The van der Waals surface area contributed by atoms with Crippen LogP contribution in [0.3, 0.4) is 0 Å². The number of benzene rings is 1. The quantitative estimate of drug-likeness (QED) is 0.568. The van der Waals surface area contributed by atoms with E-state index in [0.29, 0.717) is 17.4 Å². The number of aromatic amines is 1. The summed E-state index contributed by atoms with van der Waals surface area (Å²) >= 11 is 1.12. The number of aromatic nitrogens is 3. The van der Waals surface area contributed by atoms with Crippen molar-refractivity contribution in [1.29, 1.82) is 0 Å². The van der Waals surface area contributed by atoms with Gasteiger partial charge in [-0.05, 0) is 30.7 Å². The van der Waals surface area contributed by atoms with Crippen LogP contribution in [0.15, 0.2) is 34.2 Å². The largest absolute Gasteiger partial charge is 0.346 e. The number of carbonyl (C=O) groups excluding carboxylic acids is 2. The number of carbonyl (C=O) groups is 2. The first-order valence-electron chi connectivity index (χ1n) is 8.09. The fraction of sp³-hybridized carbons (Fsp3) is 0.375. The third kappa shape index (κ3) is 6.03. The van der Waals surface area contributed by atoms with E-state index in [1.807, 2.05) is 6.92 Å². The van der Waals surface area contributed by atoms with Gasteiger partial charge in [0.15, 0.2) is 5.16 Å². The van der Waals surface area contributed by atoms with Crippen LogP contribution < -0.4 is 16.3 Å². The lowest BCUT2D eigenvalue weighted by atomic mass is 10.3. The van der Waals surface area contributed by atoms with Crippen LogP contribution in [0.1, 0.15) is 19.8 Å². The SMILES string of the molecule is CCCCn1c(SCC(=O)NCC(=O)Nc2ccc(F)cc2)n[nH]c1=O. The number of thioether (sulfide) groups is 1. The van der Waals surface area contributed by atoms with Crippen molar-refractivity contribution in [2.45, 2.75) is 31.5 Å². The second-order valence-electron chi connectivity index (χ2n) is 5.44. The lowest BCUT2D eigenvalue weighted by Gasteiger charge is -2.07. The van der Waals surface area contributed by atoms with Crippen LogP contribution in [0.2, 0.25) is 0 Å². The molecule has 0 saturated heterocycles. The van der Waals surface area contributed by atoms with E-state index in [0.717, 1.165) is 24.6 Å². The Bertz CT molecular complexity index is 803. The van der Waals surface area contributed by atoms with Gasteiger partial charge < -0.3 is 10.6 Å². The molecule has 0 atom stereocenters. The van der Waals surface area contributed by atoms with Gasteiger partial charge in [-0.15, -0.1) is 5.10 Å². The highest BCUT2D eigenvalue weighted by Gasteiger charge is 2.12. The van der Waals surface area contributed by atoms with Crippen molar-refractivity contribution in [3.8, 4) is 0 Å². The summed E-state index contributed by atoms with van der Waals surface area (Å²) < 4.78 is 14.3. The molecule has 0 unspecified atom stereocenters. The van der Waals surface area contributed by atoms with Crippen LogP contribution in [0.25, 0.3) is 0 Å². The lowest BCUT2D eigenvalue weighted by Crippen LogP contribution is -2.34. The van der Waals surface area contributed by atoms with Crippen LogP contribution in [0.4, 0.5) is 10.1 Å². The molecule has 1 aromatic carbocycles. The Morgan fingerprint density at radius 1 is 1.27 bits per heavy atom. The molecule has 10 heteroatoms. The van der Waals surface area contributed by atoms with E-state index >= 15 is 0 Å². The van der Waals surface area contributed by atoms with E-state index in [2.05, 4.69) is 20.8 Å². The normalized spacial score (nSPS) is 10.5. The van der Waals surface area contributed by atoms with Gasteiger partial charge in [0.25, 0.3) is 0 Å². The van der Waals surface area contributed by atoms with Crippen molar-refractivity contribution in [3.05, 3.63) is 40.6 Å². The Balaban J connectivity index is 1.76. The molecule has 0 spiro atoms. The smallest absolute Gasteiger partial charge is 0.343 e. The number of hydrogen-bond donors (Lipinski definition) is 3. The molecule has 0 fully saturated rings. The molecule has 1 heterocycles. The highest BCUT2D eigenvalue weighted by atomic mass is 32.2. The van der Waals surface area contributed by atoms with E-state index in [9.17, 15) is 18.8 Å². The van der Waals surface area contributed by atoms with Gasteiger partial charge in [-0.3, -0.25) is 14.2 Å². The summed E-state index contributed by atoms with van der Waals surface area (Å²) in [6, 6.07) is 5.32. The minimum Gasteiger partial charge on any atom is -0.346 e. The van der Waals surface area contributed by atoms with Crippen LogP contribution in [0, 0.1) is 5.82 Å². The Kier molecular flexibility index (Phi) is 7.39. The van der Waals surface area contributed by atoms with Gasteiger partial charge in [-0.25, -0.2) is 14.3 Å². The van der Waals surface area contributed by atoms with Crippen molar-refractivity contribution in [2.75, 3.05) is 17.6 Å². The molecule has 1 aromatic heterocycles. The zero-order valence-electron chi connectivity index (χ0n) is 14.3. The van der Waals surface area contributed by atoms with Gasteiger partial charge in [0, 0.05) is 12.2 Å². The fourth-order valence-electron chi connectivity index (χ4n) is 2.03. The van der Waals surface area contributed by atoms with Crippen molar-refractivity contribution in [1.82, 2.24) is 20.1 Å². The van der Waals surface area contributed by atoms with Gasteiger partial charge >= 0.3 is 5.69 Å². The molecule has 0 aliphatic heterocycles. The number of halogens is 1. The van der Waals surface area contributed by atoms with E-state index in [1.165, 1.54) is 28.8 Å². The number of rotatable bonds is 9. The number of amides is 2. The number of unbranched alkanes of at least 4 members (excludes halogenated alkanes) is 1. The second kappa shape index (κ2) is 9.76. The molecule has 26 heavy (non-hydrogen) atoms. The Morgan fingerprint density at radius 2 is 2.00 bits per heavy atom. The standard InChI is InChI=1S/C16H20FN5O3S/c1-2-3-8-22-15(25)20-21-16(22)26-10-14(24)18-9-13(23)19-12-6-4-11(17)5-7-12/h4-7H,2-3,8-10H2,1H3,(H,18,24)(H,19,23)(H,20,25). The van der Waals surface area contributed by atoms with Crippen LogP contribution in [0.5, 0.6) is 0 Å². The molecule has 2 rings (SSSR count). The molecule has 2 aromatic rings. The van der Waals surface area contributed by atoms with Gasteiger partial charge in [0.2, 0.25) is 11.8 Å². The van der Waals surface area contributed by atoms with Crippen molar-refractivity contribution >= 4 is 29.3 Å². The molecular weight excluding hydrogens is 361 g/mol. The summed E-state index contributed by atoms with van der Waals surface area (Å²) in [6.07, 6.45) is 1.77. The summed E-state index contributed by atoms with van der Waals surface area (Å²) in [5, 5.41) is 11.7. The summed E-state index contributed by atoms with van der Waals surface area (Å²) in [5.74, 6) is -1.15. The molecule has 0 bridgehead atoms. The minimum atomic E-state index is -0.422. The number of nitrogens with one attached hydrogen (secondary N) is 3. The highest BCUT2D eigenvalue weighted by Crippen LogP contribution is 2.13. The van der Waals surface area contributed by atoms with Gasteiger partial charge in [0.1, 0.15) is 5.82 Å². The van der Waals surface area contributed by atoms with E-state index in [1.54, 1.807) is 0 Å². The van der Waals surface area contributed by atoms with E-state index in [-0.39, 0.29) is 23.9 Å². The maximum atomic E-state index is 12.8. The zero-order chi connectivity index (χ0) is 18.9. The molecule has 0 saturated carbocycles. The number of nitrogens with zero attached hydrogens (tertiary/aromatic N) is 2. The van der Waals surface area contributed by atoms with Crippen molar-refractivity contribution in [2.24, 2.45) is 0 Å². The highest BCUT2D eigenvalue weighted by molar-refractivity contribution is 7.99. The number of hydrogen-bond acceptors (Lipinski definition) is 5. The molecule has 2 amide bonds. The molecule has 0 radical (unpaired) electrons. The third-order valence-electron chi connectivity index (χ3n) is 3.36. The first-order valence-corrected chi connectivity index (χ1v) is 9.08. The van der Waals surface area contributed by atoms with E-state index < -0.39 is 11.7 Å². The van der Waals surface area contributed by atoms with Crippen molar-refractivity contribution in [3.63, 3.8) is 0 Å². The molecular formula is C16H20FN5O3S. The van der Waals surface area contributed by atoms with Gasteiger partial charge in [-0.1, -0.05) is 25.1 Å². The molecule has 0 aliphatic rings. The predicted octanol–water partition coefficient (Wildman–Crippen LogP) is 1.36. The van der Waals surface area contributed by atoms with Gasteiger partial charge in [0.05, 0.1) is 12.3 Å². The average molecular weight is 381 g/mol. The molecule has 140 valence electrons. The lowest BCUT2D eigenvalue weighted by molar-refractivity contribution is -0.122. The molecule has 0 aliphatic carbocycles. The summed E-state index contributed by atoms with van der Waals surface area (Å²) in [7, 11) is 0. The Labute approximate surface area is 153 Å². The first kappa shape index (κ1) is 19.7. The Morgan fingerprint density at radius 3 is 2.69 bits per heavy atom. The van der Waals surface area contributed by atoms with Crippen LogP contribution >= 0.6 is 11.8 Å². The van der Waals surface area contributed by atoms with Crippen LogP contribution in [-0.2, 0) is 16.1 Å². The number of H-pyrrole nitrogens is 1. The van der Waals surface area contributed by atoms with Gasteiger partial charge in [-0.2, -0.15) is 0 Å². The summed E-state index contributed by atoms with van der Waals surface area (Å²) in [5.41, 5.74) is 0.136. The average Bonchev–Trinajstić information content (AvgIpc) is 2.98. The number of anilines is 1. The topological polar surface area (TPSA) is 109 Å². The third-order valence-corrected chi connectivity index (χ3v) is 4.34. The van der Waals surface area contributed by atoms with Crippen molar-refractivity contribution < 1.29 is 14.0 Å². The maximum absolute atomic E-state index is 12.8. The zero-order valence-corrected chi connectivity index (χ0v) is 15.1. The van der Waals surface area contributed by atoms with E-state index in [4.69, 9.17) is 0 Å². The maximum Gasteiger partial charge on any atom is 0.343 e. The first-order chi connectivity index (χ1) is 12.5. The molecule has 3 N–H and O–H groups in total. The van der Waals surface area contributed by atoms with Crippen LogP contribution in [-0.4, -0.2) is 38.9 Å².